The molecule has 0 aliphatic rings. The number of carboxylic acid groups (broad SMARTS) is 1. The molecular weight excluding hydrogens is 1030 g/mol. The maximum Gasteiger partial charge on any atom is 0.358 e. The highest BCUT2D eigenvalue weighted by atomic mass is 32.2. The molecule has 366 valence electrons. The van der Waals surface area contributed by atoms with Crippen LogP contribution in [0.3, 0.4) is 0 Å². The summed E-state index contributed by atoms with van der Waals surface area (Å²) in [5.74, 6) is -4.25. The number of aryl methyl sites for hydroxylation is 1. The fraction of sp³-hybridized carbons (Fsp3) is 0.132. The molecule has 2 aromatic heterocycles. The smallest absolute Gasteiger partial charge is 0.358 e. The van der Waals surface area contributed by atoms with Gasteiger partial charge in [-0.05, 0) is 85.6 Å². The molecule has 0 bridgehead atoms. The number of thiazole rings is 1. The van der Waals surface area contributed by atoms with E-state index in [1.807, 2.05) is 0 Å². The monoisotopic (exact) mass is 1060 g/mol. The lowest BCUT2D eigenvalue weighted by Gasteiger charge is -2.13. The summed E-state index contributed by atoms with van der Waals surface area (Å²) in [6.45, 7) is 1.12. The Balaban J connectivity index is 1.30. The predicted octanol–water partition coefficient (Wildman–Crippen LogP) is 7.70. The molecule has 0 aliphatic heterocycles. The molecule has 32 heteroatoms. The minimum atomic E-state index is -5.49. The van der Waals surface area contributed by atoms with Gasteiger partial charge in [0.2, 0.25) is 16.7 Å². The van der Waals surface area contributed by atoms with Crippen LogP contribution in [0.1, 0.15) is 22.5 Å². The first kappa shape index (κ1) is 50.4. The molecule has 27 nitrogen and oxygen atoms in total. The number of hydrogen-bond acceptors (Lipinski definition) is 22. The fourth-order valence-electron chi connectivity index (χ4n) is 6.35. The Morgan fingerprint density at radius 1 is 0.729 bits per heavy atom. The van der Waals surface area contributed by atoms with E-state index in [1.54, 1.807) is 0 Å². The van der Waals surface area contributed by atoms with Crippen molar-refractivity contribution in [2.24, 2.45) is 30.7 Å². The van der Waals surface area contributed by atoms with Gasteiger partial charge in [0.05, 0.1) is 46.0 Å². The summed E-state index contributed by atoms with van der Waals surface area (Å²) in [6, 6.07) is 14.2. The molecule has 0 aliphatic carbocycles. The molecule has 2 heterocycles. The molecule has 7 aromatic rings. The number of carboxylic acids is 1. The molecule has 70 heavy (non-hydrogen) atoms. The maximum absolute atomic E-state index is 12.9. The minimum absolute atomic E-state index is 0.0440. The number of rotatable bonds is 17. The maximum atomic E-state index is 12.9. The SMILES string of the molecule is COc1ccc(-n2nc(C(=O)O)c(N=Nc3ccc4c(O)c(N=Nc5cc(C)c(N=Nc6nc7ccc(S(=O)(=O)O)cc7s6)cc5OCCCS(=O)(=O)O)c(S(=O)(=O)O)cc4c3S(=O)(=O)O)c2O)cc1. The summed E-state index contributed by atoms with van der Waals surface area (Å²) < 4.78 is 149. The number of carbonyl (C=O) groups is 1. The summed E-state index contributed by atoms with van der Waals surface area (Å²) in [6.07, 6.45) is -0.261. The highest BCUT2D eigenvalue weighted by Gasteiger charge is 2.29. The van der Waals surface area contributed by atoms with Gasteiger partial charge in [0.25, 0.3) is 40.5 Å². The Labute approximate surface area is 397 Å². The molecule has 0 atom stereocenters. The number of nitrogens with zero attached hydrogens (tertiary/aromatic N) is 9. The van der Waals surface area contributed by atoms with Gasteiger partial charge in [0.15, 0.2) is 11.4 Å². The second-order valence-corrected chi connectivity index (χ2v) is 21.0. The number of fused-ring (bicyclic) bond motifs is 2. The average molecular weight is 1060 g/mol. The van der Waals surface area contributed by atoms with Crippen LogP contribution in [-0.4, -0.2) is 107 Å². The summed E-state index contributed by atoms with van der Waals surface area (Å²) in [7, 11) is -18.5. The standard InChI is InChI=1S/C38H31N9O18S5/c1-18-14-27(28(65-12-3-13-67(52,53)54)17-26(18)41-45-38-39-24-10-8-21(68(55,56)57)15-29(24)66-38)42-43-31-30(69(58,59)60)16-23-22(34(31)48)9-11-25(35(23)70(61,62)63)40-44-32-33(37(50)51)46-47(36(32)49)19-4-6-20(64-2)7-5-19/h4-11,14-17,48-49H,3,12-13H2,1-2H3,(H,50,51)(H,52,53,54)(H,55,56,57)(H,58,59,60)(H,61,62,63). The first-order chi connectivity index (χ1) is 32.7. The highest BCUT2D eigenvalue weighted by Crippen LogP contribution is 2.47. The Bertz CT molecular complexity index is 3840. The number of hydrogen-bond donors (Lipinski definition) is 7. The minimum Gasteiger partial charge on any atom is -0.505 e. The van der Waals surface area contributed by atoms with Gasteiger partial charge in [-0.25, -0.2) is 9.78 Å². The second kappa shape index (κ2) is 19.2. The number of benzene rings is 5. The second-order valence-electron chi connectivity index (χ2n) is 14.3. The van der Waals surface area contributed by atoms with Crippen molar-refractivity contribution in [3.63, 3.8) is 0 Å². The highest BCUT2D eigenvalue weighted by molar-refractivity contribution is 7.86. The Kier molecular flexibility index (Phi) is 13.8. The molecule has 7 rings (SSSR count). The van der Waals surface area contributed by atoms with Crippen molar-refractivity contribution in [3.05, 3.63) is 84.1 Å². The van der Waals surface area contributed by atoms with Crippen molar-refractivity contribution in [2.75, 3.05) is 19.5 Å². The van der Waals surface area contributed by atoms with Gasteiger partial charge in [0, 0.05) is 16.8 Å². The molecule has 0 spiro atoms. The van der Waals surface area contributed by atoms with E-state index in [9.17, 15) is 72.0 Å². The average Bonchev–Trinajstić information content (AvgIpc) is 3.84. The van der Waals surface area contributed by atoms with Crippen LogP contribution in [0.4, 0.5) is 33.6 Å². The predicted molar refractivity (Wildman–Crippen MR) is 244 cm³/mol. The van der Waals surface area contributed by atoms with Crippen molar-refractivity contribution in [2.45, 2.75) is 28.0 Å². The van der Waals surface area contributed by atoms with E-state index in [0.29, 0.717) is 22.0 Å². The van der Waals surface area contributed by atoms with Crippen LogP contribution >= 0.6 is 11.3 Å². The van der Waals surface area contributed by atoms with Crippen molar-refractivity contribution < 1.29 is 81.5 Å². The lowest BCUT2D eigenvalue weighted by atomic mass is 10.1. The number of aromatic hydroxyl groups is 2. The Hall–Kier alpha value is -7.43. The number of ether oxygens (including phenoxy) is 2. The van der Waals surface area contributed by atoms with Gasteiger partial charge in [-0.15, -0.1) is 30.7 Å². The van der Waals surface area contributed by atoms with Crippen LogP contribution < -0.4 is 9.47 Å². The van der Waals surface area contributed by atoms with E-state index in [0.717, 1.165) is 34.2 Å². The number of methoxy groups -OCH3 is 1. The fourth-order valence-corrected chi connectivity index (χ4v) is 9.71. The first-order valence-electron chi connectivity index (χ1n) is 19.1. The molecule has 0 unspecified atom stereocenters. The molecule has 7 N–H and O–H groups in total. The summed E-state index contributed by atoms with van der Waals surface area (Å²) >= 11 is 0.920. The van der Waals surface area contributed by atoms with E-state index < -0.39 is 107 Å². The topological polar surface area (TPSA) is 419 Å². The number of phenols is 1. The Morgan fingerprint density at radius 3 is 2.03 bits per heavy atom. The number of aromatic carboxylic acids is 1. The molecule has 0 radical (unpaired) electrons. The van der Waals surface area contributed by atoms with Crippen LogP contribution in [-0.2, 0) is 40.5 Å². The third-order valence-corrected chi connectivity index (χ3v) is 13.9. The van der Waals surface area contributed by atoms with Crippen LogP contribution in [0.2, 0.25) is 0 Å². The van der Waals surface area contributed by atoms with E-state index >= 15 is 0 Å². The van der Waals surface area contributed by atoms with Crippen molar-refractivity contribution in [3.8, 4) is 28.8 Å². The summed E-state index contributed by atoms with van der Waals surface area (Å²) in [5.41, 5.74) is -2.85. The van der Waals surface area contributed by atoms with Crippen LogP contribution in [0.15, 0.2) is 118 Å². The largest absolute Gasteiger partial charge is 0.505 e. The van der Waals surface area contributed by atoms with Crippen LogP contribution in [0.25, 0.3) is 26.7 Å². The van der Waals surface area contributed by atoms with Gasteiger partial charge < -0.3 is 24.8 Å². The third kappa shape index (κ3) is 11.0. The molecular formula is C38H31N9O18S5. The third-order valence-electron chi connectivity index (χ3n) is 9.54. The summed E-state index contributed by atoms with van der Waals surface area (Å²) in [4.78, 5) is 13.5. The van der Waals surface area contributed by atoms with Gasteiger partial charge in [-0.1, -0.05) is 11.3 Å². The quantitative estimate of drug-likeness (QED) is 0.0261. The van der Waals surface area contributed by atoms with E-state index in [1.165, 1.54) is 62.6 Å². The zero-order valence-electron chi connectivity index (χ0n) is 35.2. The van der Waals surface area contributed by atoms with Gasteiger partial charge >= 0.3 is 5.97 Å². The van der Waals surface area contributed by atoms with Crippen molar-refractivity contribution in [1.82, 2.24) is 14.8 Å². The zero-order valence-corrected chi connectivity index (χ0v) is 39.3. The van der Waals surface area contributed by atoms with E-state index in [-0.39, 0.29) is 51.4 Å². The molecule has 0 fully saturated rings. The number of azo groups is 3. The number of aromatic nitrogens is 3. The van der Waals surface area contributed by atoms with Gasteiger partial charge in [-0.3, -0.25) is 18.2 Å². The Morgan fingerprint density at radius 2 is 1.40 bits per heavy atom. The summed E-state index contributed by atoms with van der Waals surface area (Å²) in [5, 5.41) is 58.3. The van der Waals surface area contributed by atoms with Crippen molar-refractivity contribution >= 4 is 112 Å². The van der Waals surface area contributed by atoms with E-state index in [4.69, 9.17) is 9.47 Å². The number of phenolic OH excluding ortho intramolecular Hbond substituents is 1. The normalized spacial score (nSPS) is 12.8. The first-order valence-corrected chi connectivity index (χ1v) is 25.8. The lowest BCUT2D eigenvalue weighted by molar-refractivity contribution is 0.0690. The van der Waals surface area contributed by atoms with Crippen LogP contribution in [0, 0.1) is 6.92 Å². The van der Waals surface area contributed by atoms with Crippen LogP contribution in [0.5, 0.6) is 23.1 Å². The van der Waals surface area contributed by atoms with E-state index in [2.05, 4.69) is 40.8 Å². The lowest BCUT2D eigenvalue weighted by Crippen LogP contribution is -2.08. The molecule has 5 aromatic carbocycles. The zero-order chi connectivity index (χ0) is 51.1. The molecule has 0 amide bonds. The molecule has 0 saturated carbocycles. The van der Waals surface area contributed by atoms with Gasteiger partial charge in [0.1, 0.15) is 38.4 Å². The molecule has 0 saturated heterocycles. The van der Waals surface area contributed by atoms with Crippen molar-refractivity contribution in [1.29, 1.82) is 0 Å². The van der Waals surface area contributed by atoms with Gasteiger partial charge in [-0.2, -0.15) is 43.5 Å².